The van der Waals surface area contributed by atoms with Crippen LogP contribution in [0.3, 0.4) is 0 Å². The van der Waals surface area contributed by atoms with Gasteiger partial charge in [0.1, 0.15) is 0 Å². The SMILES string of the molecule is CCCOCCC1S[SH]1CC. The van der Waals surface area contributed by atoms with Gasteiger partial charge in [0.25, 0.3) is 0 Å². The second-order valence-electron chi connectivity index (χ2n) is 2.69. The number of ether oxygens (including phenoxy) is 1. The van der Waals surface area contributed by atoms with Crippen LogP contribution in [0.2, 0.25) is 0 Å². The molecule has 1 heterocycles. The van der Waals surface area contributed by atoms with Crippen molar-refractivity contribution in [2.75, 3.05) is 19.0 Å². The standard InChI is InChI=1S/C8H18OS2/c1-3-6-9-7-5-8-10-11(8)4-2/h8,11H,3-7H2,1-2H3. The van der Waals surface area contributed by atoms with Crippen LogP contribution in [-0.4, -0.2) is 23.5 Å². The van der Waals surface area contributed by atoms with E-state index >= 15 is 0 Å². The van der Waals surface area contributed by atoms with E-state index in [1.54, 1.807) is 0 Å². The highest BCUT2D eigenvalue weighted by molar-refractivity contribution is 9.00. The summed E-state index contributed by atoms with van der Waals surface area (Å²) in [6.45, 7) is 6.39. The predicted molar refractivity (Wildman–Crippen MR) is 56.6 cm³/mol. The van der Waals surface area contributed by atoms with E-state index in [1.807, 2.05) is 0 Å². The molecule has 0 amide bonds. The topological polar surface area (TPSA) is 9.23 Å². The van der Waals surface area contributed by atoms with Gasteiger partial charge in [0.2, 0.25) is 0 Å². The zero-order valence-corrected chi connectivity index (χ0v) is 9.09. The van der Waals surface area contributed by atoms with E-state index in [1.165, 1.54) is 12.2 Å². The lowest BCUT2D eigenvalue weighted by atomic mass is 10.5. The van der Waals surface area contributed by atoms with E-state index < -0.39 is 0 Å². The molecule has 0 aromatic carbocycles. The normalized spacial score (nSPS) is 32.2. The van der Waals surface area contributed by atoms with Crippen molar-refractivity contribution < 1.29 is 4.74 Å². The van der Waals surface area contributed by atoms with Gasteiger partial charge in [0.05, 0.1) is 4.58 Å². The maximum Gasteiger partial charge on any atom is 0.0514 e. The van der Waals surface area contributed by atoms with Crippen LogP contribution in [-0.2, 0) is 4.74 Å². The van der Waals surface area contributed by atoms with E-state index in [2.05, 4.69) is 24.6 Å². The Bertz CT molecular complexity index is 108. The Morgan fingerprint density at radius 1 is 1.36 bits per heavy atom. The monoisotopic (exact) mass is 194 g/mol. The Morgan fingerprint density at radius 3 is 2.73 bits per heavy atom. The van der Waals surface area contributed by atoms with Gasteiger partial charge in [-0.05, 0) is 18.6 Å². The third-order valence-electron chi connectivity index (χ3n) is 1.70. The summed E-state index contributed by atoms with van der Waals surface area (Å²) in [6, 6.07) is 0. The summed E-state index contributed by atoms with van der Waals surface area (Å²) in [5, 5.41) is 0. The molecule has 0 N–H and O–H groups in total. The van der Waals surface area contributed by atoms with Crippen molar-refractivity contribution in [1.29, 1.82) is 0 Å². The van der Waals surface area contributed by atoms with E-state index in [-0.39, 0.29) is 0 Å². The molecule has 0 radical (unpaired) electrons. The molecule has 1 fully saturated rings. The second kappa shape index (κ2) is 5.33. The first-order valence-corrected chi connectivity index (χ1v) is 7.47. The lowest BCUT2D eigenvalue weighted by Crippen LogP contribution is -1.97. The first-order valence-electron chi connectivity index (χ1n) is 4.39. The largest absolute Gasteiger partial charge is 0.381 e. The molecule has 2 atom stereocenters. The fourth-order valence-corrected chi connectivity index (χ4v) is 5.35. The fourth-order valence-electron chi connectivity index (χ4n) is 1.03. The van der Waals surface area contributed by atoms with Gasteiger partial charge < -0.3 is 4.74 Å². The Morgan fingerprint density at radius 2 is 2.18 bits per heavy atom. The lowest BCUT2D eigenvalue weighted by molar-refractivity contribution is 0.135. The average Bonchev–Trinajstić information content (AvgIpc) is 2.77. The second-order valence-corrected chi connectivity index (χ2v) is 7.95. The smallest absolute Gasteiger partial charge is 0.0514 e. The van der Waals surface area contributed by atoms with Crippen LogP contribution in [0.1, 0.15) is 26.7 Å². The molecular weight excluding hydrogens is 176 g/mol. The van der Waals surface area contributed by atoms with Gasteiger partial charge in [-0.3, -0.25) is 0 Å². The maximum absolute atomic E-state index is 5.42. The fraction of sp³-hybridized carbons (Fsp3) is 1.00. The summed E-state index contributed by atoms with van der Waals surface area (Å²) in [6.07, 6.45) is 2.45. The van der Waals surface area contributed by atoms with Crippen molar-refractivity contribution in [3.05, 3.63) is 0 Å². The number of hydrogen-bond acceptors (Lipinski definition) is 2. The van der Waals surface area contributed by atoms with Gasteiger partial charge in [-0.25, -0.2) is 0 Å². The van der Waals surface area contributed by atoms with Crippen molar-refractivity contribution in [2.24, 2.45) is 0 Å². The van der Waals surface area contributed by atoms with Gasteiger partial charge in [-0.2, -0.15) is 9.93 Å². The van der Waals surface area contributed by atoms with Crippen LogP contribution >= 0.6 is 20.7 Å². The summed E-state index contributed by atoms with van der Waals surface area (Å²) < 4.78 is 6.42. The molecule has 1 aliphatic rings. The highest BCUT2D eigenvalue weighted by Gasteiger charge is 2.31. The van der Waals surface area contributed by atoms with E-state index in [0.29, 0.717) is 9.93 Å². The molecule has 0 bridgehead atoms. The zero-order valence-electron chi connectivity index (χ0n) is 7.38. The number of rotatable bonds is 6. The average molecular weight is 194 g/mol. The van der Waals surface area contributed by atoms with Gasteiger partial charge >= 0.3 is 0 Å². The minimum Gasteiger partial charge on any atom is -0.381 e. The highest BCUT2D eigenvalue weighted by atomic mass is 33.2. The van der Waals surface area contributed by atoms with Crippen molar-refractivity contribution >= 4 is 20.7 Å². The molecule has 1 rings (SSSR count). The van der Waals surface area contributed by atoms with E-state index in [0.717, 1.165) is 24.2 Å². The Hall–Kier alpha value is 0.660. The van der Waals surface area contributed by atoms with Crippen LogP contribution in [0, 0.1) is 0 Å². The van der Waals surface area contributed by atoms with Gasteiger partial charge in [-0.15, -0.1) is 10.8 Å². The Labute approximate surface area is 76.0 Å². The molecular formula is C8H18OS2. The molecule has 3 heteroatoms. The minimum absolute atomic E-state index is 0.404. The molecule has 1 nitrogen and oxygen atoms in total. The third kappa shape index (κ3) is 3.72. The van der Waals surface area contributed by atoms with Crippen LogP contribution < -0.4 is 0 Å². The molecule has 0 spiro atoms. The Balaban J connectivity index is 1.82. The summed E-state index contributed by atoms with van der Waals surface area (Å²) in [7, 11) is 2.58. The number of hydrogen-bond donors (Lipinski definition) is 1. The highest BCUT2D eigenvalue weighted by Crippen LogP contribution is 2.69. The summed E-state index contributed by atoms with van der Waals surface area (Å²) >= 11 is 0. The summed E-state index contributed by atoms with van der Waals surface area (Å²) in [4.78, 5) is 0. The maximum atomic E-state index is 5.42. The van der Waals surface area contributed by atoms with Gasteiger partial charge in [0.15, 0.2) is 0 Å². The Kier molecular flexibility index (Phi) is 4.72. The third-order valence-corrected chi connectivity index (χ3v) is 7.08. The van der Waals surface area contributed by atoms with Crippen LogP contribution in [0.15, 0.2) is 0 Å². The molecule has 0 aliphatic carbocycles. The van der Waals surface area contributed by atoms with Crippen molar-refractivity contribution in [1.82, 2.24) is 0 Å². The zero-order chi connectivity index (χ0) is 8.10. The van der Waals surface area contributed by atoms with Gasteiger partial charge in [-0.1, -0.05) is 13.8 Å². The summed E-state index contributed by atoms with van der Waals surface area (Å²) in [5.41, 5.74) is 0. The first-order chi connectivity index (χ1) is 5.38. The minimum atomic E-state index is 0.404. The van der Waals surface area contributed by atoms with Crippen molar-refractivity contribution in [2.45, 2.75) is 31.3 Å². The van der Waals surface area contributed by atoms with Gasteiger partial charge in [0, 0.05) is 13.2 Å². The molecule has 0 aromatic rings. The molecule has 11 heavy (non-hydrogen) atoms. The molecule has 0 saturated carbocycles. The van der Waals surface area contributed by atoms with Crippen LogP contribution in [0.4, 0.5) is 0 Å². The predicted octanol–water partition coefficient (Wildman–Crippen LogP) is 2.81. The van der Waals surface area contributed by atoms with Crippen LogP contribution in [0.25, 0.3) is 0 Å². The molecule has 0 aromatic heterocycles. The van der Waals surface area contributed by atoms with Crippen LogP contribution in [0.5, 0.6) is 0 Å². The molecule has 1 saturated heterocycles. The van der Waals surface area contributed by atoms with E-state index in [4.69, 9.17) is 4.74 Å². The molecule has 2 unspecified atom stereocenters. The van der Waals surface area contributed by atoms with Crippen molar-refractivity contribution in [3.63, 3.8) is 0 Å². The lowest BCUT2D eigenvalue weighted by Gasteiger charge is -1.99. The van der Waals surface area contributed by atoms with Crippen molar-refractivity contribution in [3.8, 4) is 0 Å². The number of thiol groups is 1. The summed E-state index contributed by atoms with van der Waals surface area (Å²) in [5.74, 6) is 1.40. The van der Waals surface area contributed by atoms with E-state index in [9.17, 15) is 0 Å². The first kappa shape index (κ1) is 9.75. The quantitative estimate of drug-likeness (QED) is 0.301. The molecule has 68 valence electrons. The molecule has 1 aliphatic heterocycles.